The van der Waals surface area contributed by atoms with Crippen molar-refractivity contribution in [2.75, 3.05) is 7.11 Å². The van der Waals surface area contributed by atoms with Gasteiger partial charge in [0.15, 0.2) is 4.80 Å². The van der Waals surface area contributed by atoms with Crippen LogP contribution in [0.3, 0.4) is 0 Å². The van der Waals surface area contributed by atoms with E-state index >= 15 is 0 Å². The molecule has 3 rings (SSSR count). The number of ether oxygens (including phenoxy) is 1. The highest BCUT2D eigenvalue weighted by Crippen LogP contribution is 2.23. The number of carbonyl (C=O) groups excluding carboxylic acids is 1. The molecule has 2 aromatic carbocycles. The summed E-state index contributed by atoms with van der Waals surface area (Å²) in [6, 6.07) is 11.7. The number of benzene rings is 2. The Morgan fingerprint density at radius 3 is 2.79 bits per heavy atom. The van der Waals surface area contributed by atoms with Crippen LogP contribution in [0.15, 0.2) is 41.4 Å². The first-order chi connectivity index (χ1) is 11.5. The molecule has 0 aliphatic heterocycles. The van der Waals surface area contributed by atoms with E-state index < -0.39 is 0 Å². The molecule has 0 fully saturated rings. The maximum Gasteiger partial charge on any atom is 0.252 e. The number of hydrogen-bond donors (Lipinski definition) is 0. The van der Waals surface area contributed by atoms with Gasteiger partial charge in [0.05, 0.1) is 23.7 Å². The van der Waals surface area contributed by atoms with Crippen LogP contribution in [0.4, 0.5) is 0 Å². The quantitative estimate of drug-likeness (QED) is 0.732. The normalized spacial score (nSPS) is 11.9. The van der Waals surface area contributed by atoms with Crippen LogP contribution in [-0.4, -0.2) is 17.6 Å². The average molecular weight is 340 g/mol. The molecule has 0 bridgehead atoms. The largest absolute Gasteiger partial charge is 0.497 e. The fourth-order valence-electron chi connectivity index (χ4n) is 2.74. The Morgan fingerprint density at radius 1 is 1.25 bits per heavy atom. The van der Waals surface area contributed by atoms with Gasteiger partial charge in [0.25, 0.3) is 5.91 Å². The lowest BCUT2D eigenvalue weighted by Gasteiger charge is -2.03. The first-order valence-corrected chi connectivity index (χ1v) is 8.57. The maximum absolute atomic E-state index is 12.3. The van der Waals surface area contributed by atoms with E-state index in [9.17, 15) is 4.79 Å². The van der Waals surface area contributed by atoms with E-state index in [2.05, 4.69) is 31.0 Å². The van der Waals surface area contributed by atoms with Crippen molar-refractivity contribution in [3.63, 3.8) is 0 Å². The van der Waals surface area contributed by atoms with Crippen molar-refractivity contribution in [1.82, 2.24) is 4.57 Å². The minimum Gasteiger partial charge on any atom is -0.497 e. The molecule has 1 aromatic heterocycles. The smallest absolute Gasteiger partial charge is 0.252 e. The number of aryl methyl sites for hydroxylation is 3. The van der Waals surface area contributed by atoms with Crippen molar-refractivity contribution < 1.29 is 9.53 Å². The Hall–Kier alpha value is -2.40. The SMILES string of the molecule is COc1cccc(CC(=O)N=c2sc3ccc(C)c(C)c3n2C)c1. The number of thiazole rings is 1. The Bertz CT molecular complexity index is 983. The highest BCUT2D eigenvalue weighted by molar-refractivity contribution is 7.16. The molecule has 0 N–H and O–H groups in total. The third kappa shape index (κ3) is 3.12. The number of amides is 1. The minimum absolute atomic E-state index is 0.153. The minimum atomic E-state index is -0.153. The molecule has 24 heavy (non-hydrogen) atoms. The van der Waals surface area contributed by atoms with Gasteiger partial charge in [-0.1, -0.05) is 29.5 Å². The van der Waals surface area contributed by atoms with E-state index in [1.807, 2.05) is 35.9 Å². The lowest BCUT2D eigenvalue weighted by molar-refractivity contribution is -0.117. The molecule has 0 unspecified atom stereocenters. The van der Waals surface area contributed by atoms with Gasteiger partial charge in [-0.3, -0.25) is 4.79 Å². The summed E-state index contributed by atoms with van der Waals surface area (Å²) in [5.41, 5.74) is 4.52. The van der Waals surface area contributed by atoms with Crippen LogP contribution in [0.1, 0.15) is 16.7 Å². The fraction of sp³-hybridized carbons (Fsp3) is 0.263. The van der Waals surface area contributed by atoms with E-state index in [0.717, 1.165) is 26.3 Å². The number of carbonyl (C=O) groups is 1. The standard InChI is InChI=1S/C19H20N2O2S/c1-12-8-9-16-18(13(12)2)21(3)19(24-16)20-17(22)11-14-6-5-7-15(10-14)23-4/h5-10H,11H2,1-4H3. The number of aromatic nitrogens is 1. The maximum atomic E-state index is 12.3. The summed E-state index contributed by atoms with van der Waals surface area (Å²) in [6.45, 7) is 4.20. The number of methoxy groups -OCH3 is 1. The van der Waals surface area contributed by atoms with Crippen molar-refractivity contribution in [3.05, 3.63) is 57.9 Å². The van der Waals surface area contributed by atoms with Crippen LogP contribution in [0, 0.1) is 13.8 Å². The Balaban J connectivity index is 1.96. The highest BCUT2D eigenvalue weighted by atomic mass is 32.1. The first-order valence-electron chi connectivity index (χ1n) is 7.76. The number of fused-ring (bicyclic) bond motifs is 1. The summed E-state index contributed by atoms with van der Waals surface area (Å²) in [4.78, 5) is 17.4. The third-order valence-electron chi connectivity index (χ3n) is 4.20. The molecule has 3 aromatic rings. The Morgan fingerprint density at radius 2 is 2.04 bits per heavy atom. The zero-order chi connectivity index (χ0) is 17.3. The molecule has 5 heteroatoms. The Labute approximate surface area is 145 Å². The predicted octanol–water partition coefficient (Wildman–Crippen LogP) is 3.54. The molecule has 1 amide bonds. The fourth-order valence-corrected chi connectivity index (χ4v) is 3.83. The first kappa shape index (κ1) is 16.5. The van der Waals surface area contributed by atoms with E-state index in [1.54, 1.807) is 18.4 Å². The van der Waals surface area contributed by atoms with Crippen molar-refractivity contribution in [2.45, 2.75) is 20.3 Å². The van der Waals surface area contributed by atoms with Crippen LogP contribution in [0.5, 0.6) is 5.75 Å². The molecule has 0 radical (unpaired) electrons. The summed E-state index contributed by atoms with van der Waals surface area (Å²) in [6.07, 6.45) is 0.267. The molecule has 0 saturated heterocycles. The van der Waals surface area contributed by atoms with E-state index in [-0.39, 0.29) is 12.3 Å². The van der Waals surface area contributed by atoms with Gasteiger partial charge in [-0.15, -0.1) is 0 Å². The van der Waals surface area contributed by atoms with Gasteiger partial charge < -0.3 is 9.30 Å². The van der Waals surface area contributed by atoms with Crippen molar-refractivity contribution in [3.8, 4) is 5.75 Å². The van der Waals surface area contributed by atoms with Crippen molar-refractivity contribution in [1.29, 1.82) is 0 Å². The van der Waals surface area contributed by atoms with Crippen LogP contribution < -0.4 is 9.54 Å². The van der Waals surface area contributed by atoms with E-state index in [4.69, 9.17) is 4.74 Å². The van der Waals surface area contributed by atoms with Gasteiger partial charge in [-0.2, -0.15) is 4.99 Å². The molecule has 4 nitrogen and oxygen atoms in total. The number of nitrogens with zero attached hydrogens (tertiary/aromatic N) is 2. The van der Waals surface area contributed by atoms with Crippen LogP contribution in [-0.2, 0) is 18.3 Å². The van der Waals surface area contributed by atoms with Gasteiger partial charge in [0.2, 0.25) is 0 Å². The van der Waals surface area contributed by atoms with Crippen LogP contribution in [0.2, 0.25) is 0 Å². The van der Waals surface area contributed by atoms with Gasteiger partial charge >= 0.3 is 0 Å². The van der Waals surface area contributed by atoms with Crippen molar-refractivity contribution in [2.24, 2.45) is 12.0 Å². The molecule has 124 valence electrons. The molecular formula is C19H20N2O2S. The summed E-state index contributed by atoms with van der Waals surface area (Å²) in [5.74, 6) is 0.596. The summed E-state index contributed by atoms with van der Waals surface area (Å²) in [7, 11) is 3.58. The lowest BCUT2D eigenvalue weighted by atomic mass is 10.1. The van der Waals surface area contributed by atoms with E-state index in [1.165, 1.54) is 11.1 Å². The van der Waals surface area contributed by atoms with Gasteiger partial charge in [0, 0.05) is 7.05 Å². The van der Waals surface area contributed by atoms with Crippen molar-refractivity contribution >= 4 is 27.5 Å². The molecule has 0 spiro atoms. The Kier molecular flexibility index (Phi) is 4.53. The van der Waals surface area contributed by atoms with Crippen LogP contribution >= 0.6 is 11.3 Å². The van der Waals surface area contributed by atoms with Gasteiger partial charge in [-0.05, 0) is 48.7 Å². The van der Waals surface area contributed by atoms with Gasteiger partial charge in [0.1, 0.15) is 5.75 Å². The zero-order valence-corrected chi connectivity index (χ0v) is 15.1. The zero-order valence-electron chi connectivity index (χ0n) is 14.3. The monoisotopic (exact) mass is 340 g/mol. The van der Waals surface area contributed by atoms with Gasteiger partial charge in [-0.25, -0.2) is 0 Å². The van der Waals surface area contributed by atoms with E-state index in [0.29, 0.717) is 0 Å². The molecule has 0 atom stereocenters. The molecule has 0 saturated carbocycles. The third-order valence-corrected chi connectivity index (χ3v) is 5.30. The summed E-state index contributed by atoms with van der Waals surface area (Å²) >= 11 is 1.54. The highest BCUT2D eigenvalue weighted by Gasteiger charge is 2.09. The molecule has 0 aliphatic rings. The average Bonchev–Trinajstić information content (AvgIpc) is 2.87. The second-order valence-electron chi connectivity index (χ2n) is 5.83. The molecular weight excluding hydrogens is 320 g/mol. The van der Waals surface area contributed by atoms with Crippen LogP contribution in [0.25, 0.3) is 10.2 Å². The molecule has 0 aliphatic carbocycles. The summed E-state index contributed by atoms with van der Waals surface area (Å²) in [5, 5.41) is 0. The lowest BCUT2D eigenvalue weighted by Crippen LogP contribution is -2.14. The predicted molar refractivity (Wildman–Crippen MR) is 97.5 cm³/mol. The second-order valence-corrected chi connectivity index (χ2v) is 6.84. The number of rotatable bonds is 3. The topological polar surface area (TPSA) is 43.6 Å². The number of hydrogen-bond acceptors (Lipinski definition) is 3. The second kappa shape index (κ2) is 6.61. The summed E-state index contributed by atoms with van der Waals surface area (Å²) < 4.78 is 8.35. The molecule has 1 heterocycles.